The second kappa shape index (κ2) is 6.87. The predicted octanol–water partition coefficient (Wildman–Crippen LogP) is 3.50. The van der Waals surface area contributed by atoms with Gasteiger partial charge >= 0.3 is 0 Å². The van der Waals surface area contributed by atoms with Crippen molar-refractivity contribution in [3.63, 3.8) is 0 Å². The highest BCUT2D eigenvalue weighted by atomic mass is 32.1. The van der Waals surface area contributed by atoms with Crippen LogP contribution in [0.4, 0.5) is 0 Å². The van der Waals surface area contributed by atoms with E-state index in [0.717, 1.165) is 4.70 Å². The maximum atomic E-state index is 12.4. The molecule has 2 rings (SSSR count). The van der Waals surface area contributed by atoms with Crippen LogP contribution in [0, 0.1) is 5.92 Å². The van der Waals surface area contributed by atoms with E-state index in [-0.39, 0.29) is 23.9 Å². The predicted molar refractivity (Wildman–Crippen MR) is 86.1 cm³/mol. The van der Waals surface area contributed by atoms with Gasteiger partial charge in [0.05, 0.1) is 29.3 Å². The summed E-state index contributed by atoms with van der Waals surface area (Å²) in [5.74, 6) is 0.740. The number of Topliss-reactive ketones (excluding diaryl/α,β-unsaturated/α-hetero) is 2. The fourth-order valence-electron chi connectivity index (χ4n) is 2.26. The lowest BCUT2D eigenvalue weighted by atomic mass is 9.95. The second-order valence-corrected chi connectivity index (χ2v) is 6.12. The minimum absolute atomic E-state index is 0.0250. The Morgan fingerprint density at radius 3 is 2.55 bits per heavy atom. The molecule has 0 aliphatic heterocycles. The number of hydrogen-bond donors (Lipinski definition) is 0. The third kappa shape index (κ3) is 3.27. The van der Waals surface area contributed by atoms with Crippen LogP contribution in [0.2, 0.25) is 0 Å². The zero-order chi connectivity index (χ0) is 16.3. The number of aromatic nitrogens is 1. The molecule has 2 aromatic heterocycles. The number of carbonyl (C=O) groups is 2. The highest BCUT2D eigenvalue weighted by Gasteiger charge is 2.20. The van der Waals surface area contributed by atoms with Gasteiger partial charge in [-0.1, -0.05) is 6.92 Å². The fourth-order valence-corrected chi connectivity index (χ4v) is 3.24. The highest BCUT2D eigenvalue weighted by molar-refractivity contribution is 7.20. The maximum Gasteiger partial charge on any atom is 0.257 e. The van der Waals surface area contributed by atoms with Crippen LogP contribution < -0.4 is 9.47 Å². The summed E-state index contributed by atoms with van der Waals surface area (Å²) in [6.45, 7) is 3.45. The quantitative estimate of drug-likeness (QED) is 0.730. The number of pyridine rings is 1. The van der Waals surface area contributed by atoms with Crippen molar-refractivity contribution in [1.29, 1.82) is 0 Å². The standard InChI is InChI=1S/C16H19NO4S/c1-5-10(9(2)18)6-12(19)15-7-11-14(22-15)8-13(20-3)16(17-11)21-4/h7-8,10H,5-6H2,1-4H3/t10-/m1/s1. The van der Waals surface area contributed by atoms with E-state index in [9.17, 15) is 9.59 Å². The minimum Gasteiger partial charge on any atom is -0.491 e. The van der Waals surface area contributed by atoms with Gasteiger partial charge in [-0.15, -0.1) is 11.3 Å². The number of ketones is 2. The van der Waals surface area contributed by atoms with Crippen LogP contribution in [0.3, 0.4) is 0 Å². The van der Waals surface area contributed by atoms with Gasteiger partial charge in [-0.25, -0.2) is 4.98 Å². The summed E-state index contributed by atoms with van der Waals surface area (Å²) in [5.41, 5.74) is 0.696. The molecule has 2 heterocycles. The van der Waals surface area contributed by atoms with Crippen LogP contribution in [0.1, 0.15) is 36.4 Å². The molecule has 22 heavy (non-hydrogen) atoms. The van der Waals surface area contributed by atoms with Crippen molar-refractivity contribution >= 4 is 33.1 Å². The SMILES string of the molecule is CC[C@H](CC(=O)c1cc2nc(OC)c(OC)cc2s1)C(C)=O. The van der Waals surface area contributed by atoms with Gasteiger partial charge in [0.25, 0.3) is 5.88 Å². The fraction of sp³-hybridized carbons (Fsp3) is 0.438. The Labute approximate surface area is 133 Å². The molecule has 118 valence electrons. The minimum atomic E-state index is -0.213. The summed E-state index contributed by atoms with van der Waals surface area (Å²) in [6, 6.07) is 3.56. The van der Waals surface area contributed by atoms with Crippen molar-refractivity contribution in [1.82, 2.24) is 4.98 Å². The van der Waals surface area contributed by atoms with E-state index in [0.29, 0.717) is 28.4 Å². The number of fused-ring (bicyclic) bond motifs is 1. The van der Waals surface area contributed by atoms with Gasteiger partial charge in [0, 0.05) is 18.4 Å². The molecule has 2 aromatic rings. The van der Waals surface area contributed by atoms with Crippen LogP contribution in [0.5, 0.6) is 11.6 Å². The van der Waals surface area contributed by atoms with Crippen LogP contribution in [0.15, 0.2) is 12.1 Å². The van der Waals surface area contributed by atoms with Crippen LogP contribution in [0.25, 0.3) is 10.2 Å². The Morgan fingerprint density at radius 1 is 1.27 bits per heavy atom. The molecular weight excluding hydrogens is 302 g/mol. The van der Waals surface area contributed by atoms with Gasteiger partial charge in [0.1, 0.15) is 5.78 Å². The lowest BCUT2D eigenvalue weighted by molar-refractivity contribution is -0.120. The molecule has 0 unspecified atom stereocenters. The van der Waals surface area contributed by atoms with Crippen LogP contribution in [-0.4, -0.2) is 30.8 Å². The lowest BCUT2D eigenvalue weighted by Gasteiger charge is -2.08. The Hall–Kier alpha value is -1.95. The van der Waals surface area contributed by atoms with Crippen molar-refractivity contribution in [3.8, 4) is 11.6 Å². The molecule has 0 spiro atoms. The number of methoxy groups -OCH3 is 2. The van der Waals surface area contributed by atoms with Gasteiger partial charge in [-0.2, -0.15) is 0 Å². The van der Waals surface area contributed by atoms with Crippen molar-refractivity contribution in [2.24, 2.45) is 5.92 Å². The zero-order valence-corrected chi connectivity index (χ0v) is 14.0. The Bertz CT molecular complexity index is 666. The van der Waals surface area contributed by atoms with Gasteiger partial charge in [-0.3, -0.25) is 9.59 Å². The monoisotopic (exact) mass is 321 g/mol. The molecule has 1 atom stereocenters. The van der Waals surface area contributed by atoms with E-state index in [2.05, 4.69) is 4.98 Å². The average molecular weight is 321 g/mol. The summed E-state index contributed by atoms with van der Waals surface area (Å²) in [7, 11) is 3.07. The zero-order valence-electron chi connectivity index (χ0n) is 13.1. The number of carbonyl (C=O) groups excluding carboxylic acids is 2. The van der Waals surface area contributed by atoms with E-state index < -0.39 is 0 Å². The number of rotatable bonds is 7. The third-order valence-corrected chi connectivity index (χ3v) is 4.74. The Morgan fingerprint density at radius 2 is 2.00 bits per heavy atom. The molecule has 0 aliphatic rings. The molecule has 0 N–H and O–H groups in total. The summed E-state index contributed by atoms with van der Waals surface area (Å²) < 4.78 is 11.2. The molecule has 0 radical (unpaired) electrons. The lowest BCUT2D eigenvalue weighted by Crippen LogP contribution is -2.14. The molecule has 5 nitrogen and oxygen atoms in total. The second-order valence-electron chi connectivity index (χ2n) is 5.04. The molecule has 0 aliphatic carbocycles. The Kier molecular flexibility index (Phi) is 5.13. The first-order chi connectivity index (χ1) is 10.5. The molecular formula is C16H19NO4S. The molecule has 0 saturated carbocycles. The van der Waals surface area contributed by atoms with E-state index >= 15 is 0 Å². The van der Waals surface area contributed by atoms with Crippen molar-refractivity contribution in [3.05, 3.63) is 17.0 Å². The highest BCUT2D eigenvalue weighted by Crippen LogP contribution is 2.34. The Balaban J connectivity index is 2.32. The summed E-state index contributed by atoms with van der Waals surface area (Å²) in [4.78, 5) is 28.8. The van der Waals surface area contributed by atoms with Gasteiger partial charge in [-0.05, 0) is 19.4 Å². The van der Waals surface area contributed by atoms with Gasteiger partial charge < -0.3 is 9.47 Å². The van der Waals surface area contributed by atoms with E-state index in [4.69, 9.17) is 9.47 Å². The number of thiophene rings is 1. The average Bonchev–Trinajstić information content (AvgIpc) is 2.93. The molecule has 0 bridgehead atoms. The number of ether oxygens (including phenoxy) is 2. The number of hydrogen-bond acceptors (Lipinski definition) is 6. The van der Waals surface area contributed by atoms with E-state index in [1.54, 1.807) is 13.2 Å². The van der Waals surface area contributed by atoms with Crippen LogP contribution >= 0.6 is 11.3 Å². The molecule has 0 saturated heterocycles. The normalized spacial score (nSPS) is 12.2. The smallest absolute Gasteiger partial charge is 0.257 e. The summed E-state index contributed by atoms with van der Waals surface area (Å²) in [5, 5.41) is 0. The van der Waals surface area contributed by atoms with Crippen molar-refractivity contribution in [2.75, 3.05) is 14.2 Å². The van der Waals surface area contributed by atoms with Gasteiger partial charge in [0.15, 0.2) is 11.5 Å². The molecule has 0 fully saturated rings. The largest absolute Gasteiger partial charge is 0.491 e. The number of nitrogens with zero attached hydrogens (tertiary/aromatic N) is 1. The first kappa shape index (κ1) is 16.4. The maximum absolute atomic E-state index is 12.4. The van der Waals surface area contributed by atoms with E-state index in [1.807, 2.05) is 13.0 Å². The first-order valence-electron chi connectivity index (χ1n) is 7.06. The first-order valence-corrected chi connectivity index (χ1v) is 7.88. The van der Waals surface area contributed by atoms with Crippen molar-refractivity contribution < 1.29 is 19.1 Å². The van der Waals surface area contributed by atoms with E-state index in [1.165, 1.54) is 25.4 Å². The molecule has 0 aromatic carbocycles. The summed E-state index contributed by atoms with van der Waals surface area (Å²) in [6.07, 6.45) is 0.915. The van der Waals surface area contributed by atoms with Gasteiger partial charge in [0.2, 0.25) is 0 Å². The third-order valence-electron chi connectivity index (χ3n) is 3.62. The summed E-state index contributed by atoms with van der Waals surface area (Å²) >= 11 is 1.36. The molecule has 0 amide bonds. The van der Waals surface area contributed by atoms with Crippen molar-refractivity contribution in [2.45, 2.75) is 26.7 Å². The van der Waals surface area contributed by atoms with Crippen LogP contribution in [-0.2, 0) is 4.79 Å². The molecule has 6 heteroatoms. The topological polar surface area (TPSA) is 65.5 Å².